The summed E-state index contributed by atoms with van der Waals surface area (Å²) in [6.45, 7) is 4.41. The third-order valence-electron chi connectivity index (χ3n) is 10.3. The molecule has 0 aliphatic heterocycles. The molecular formula is C47H32N4. The Bertz CT molecular complexity index is 2940. The highest BCUT2D eigenvalue weighted by Gasteiger charge is 2.19. The van der Waals surface area contributed by atoms with Crippen molar-refractivity contribution < 1.29 is 0 Å². The lowest BCUT2D eigenvalue weighted by molar-refractivity contribution is 0.953. The number of rotatable bonds is 4. The lowest BCUT2D eigenvalue weighted by Crippen LogP contribution is -2.06. The highest BCUT2D eigenvalue weighted by atomic mass is 15.2. The fourth-order valence-corrected chi connectivity index (χ4v) is 7.85. The van der Waals surface area contributed by atoms with Gasteiger partial charge in [0.2, 0.25) is 5.95 Å². The van der Waals surface area contributed by atoms with Crippen LogP contribution in [0.15, 0.2) is 158 Å². The van der Waals surface area contributed by atoms with Gasteiger partial charge in [-0.3, -0.25) is 4.57 Å². The van der Waals surface area contributed by atoms with Gasteiger partial charge in [0, 0.05) is 21.9 Å². The number of hydrogen-bond donors (Lipinski definition) is 0. The van der Waals surface area contributed by atoms with Crippen molar-refractivity contribution in [1.82, 2.24) is 19.5 Å². The summed E-state index contributed by atoms with van der Waals surface area (Å²) in [5.74, 6) is 1.87. The van der Waals surface area contributed by atoms with Crippen LogP contribution in [-0.2, 0) is 0 Å². The monoisotopic (exact) mass is 652 g/mol. The van der Waals surface area contributed by atoms with Crippen molar-refractivity contribution in [2.24, 2.45) is 0 Å². The quantitative estimate of drug-likeness (QED) is 0.178. The molecular weight excluding hydrogens is 621 g/mol. The Balaban J connectivity index is 1.21. The molecule has 0 spiro atoms. The smallest absolute Gasteiger partial charge is 0.238 e. The Morgan fingerprint density at radius 1 is 0.353 bits per heavy atom. The summed E-state index contributed by atoms with van der Waals surface area (Å²) in [5.41, 5.74) is 8.82. The maximum Gasteiger partial charge on any atom is 0.238 e. The molecule has 0 atom stereocenters. The minimum absolute atomic E-state index is 0.596. The molecule has 10 rings (SSSR count). The summed E-state index contributed by atoms with van der Waals surface area (Å²) in [6.07, 6.45) is 0. The summed E-state index contributed by atoms with van der Waals surface area (Å²) in [6, 6.07) is 56.0. The van der Waals surface area contributed by atoms with Gasteiger partial charge < -0.3 is 0 Å². The maximum atomic E-state index is 5.22. The minimum Gasteiger partial charge on any atom is -0.278 e. The van der Waals surface area contributed by atoms with E-state index in [0.717, 1.165) is 22.2 Å². The second kappa shape index (κ2) is 11.5. The molecule has 0 aliphatic rings. The standard InChI is InChI=1S/C47H32N4/c1-29-24-25-32(27-39(29)40-28-42-36-19-9-7-17-34(36)33-16-6-8-18-35(33)41(42)26-30(40)2)46-48-45(31-14-4-3-5-15-31)49-47(50-46)51-43-22-12-10-20-37(43)38-21-11-13-23-44(38)51/h3-28H,1-2H3. The zero-order chi connectivity index (χ0) is 34.1. The van der Waals surface area contributed by atoms with E-state index >= 15 is 0 Å². The normalized spacial score (nSPS) is 11.7. The lowest BCUT2D eigenvalue weighted by atomic mass is 9.88. The second-order valence-electron chi connectivity index (χ2n) is 13.4. The molecule has 2 heterocycles. The molecule has 0 fully saturated rings. The van der Waals surface area contributed by atoms with Crippen molar-refractivity contribution in [2.75, 3.05) is 0 Å². The van der Waals surface area contributed by atoms with Crippen LogP contribution in [0, 0.1) is 13.8 Å². The first-order valence-electron chi connectivity index (χ1n) is 17.4. The molecule has 4 nitrogen and oxygen atoms in total. The molecule has 240 valence electrons. The van der Waals surface area contributed by atoms with Crippen LogP contribution in [0.4, 0.5) is 0 Å². The average Bonchev–Trinajstić information content (AvgIpc) is 3.53. The summed E-state index contributed by atoms with van der Waals surface area (Å²) >= 11 is 0. The Morgan fingerprint density at radius 2 is 0.824 bits per heavy atom. The lowest BCUT2D eigenvalue weighted by Gasteiger charge is -2.16. The molecule has 2 aromatic heterocycles. The molecule has 0 saturated carbocycles. The van der Waals surface area contributed by atoms with E-state index in [1.807, 2.05) is 18.2 Å². The highest BCUT2D eigenvalue weighted by molar-refractivity contribution is 6.26. The van der Waals surface area contributed by atoms with Gasteiger partial charge in [-0.2, -0.15) is 9.97 Å². The van der Waals surface area contributed by atoms with Crippen LogP contribution in [0.25, 0.3) is 94.0 Å². The average molecular weight is 653 g/mol. The van der Waals surface area contributed by atoms with E-state index in [1.165, 1.54) is 65.3 Å². The zero-order valence-electron chi connectivity index (χ0n) is 28.3. The van der Waals surface area contributed by atoms with E-state index in [1.54, 1.807) is 0 Å². The Kier molecular flexibility index (Phi) is 6.58. The summed E-state index contributed by atoms with van der Waals surface area (Å²) in [4.78, 5) is 15.5. The second-order valence-corrected chi connectivity index (χ2v) is 13.4. The van der Waals surface area contributed by atoms with Gasteiger partial charge in [0.1, 0.15) is 0 Å². The molecule has 51 heavy (non-hydrogen) atoms. The number of fused-ring (bicyclic) bond motifs is 9. The minimum atomic E-state index is 0.596. The van der Waals surface area contributed by atoms with Crippen molar-refractivity contribution in [3.63, 3.8) is 0 Å². The van der Waals surface area contributed by atoms with Crippen LogP contribution in [-0.4, -0.2) is 19.5 Å². The Hall–Kier alpha value is -6.65. The van der Waals surface area contributed by atoms with Gasteiger partial charge in [-0.05, 0) is 92.7 Å². The molecule has 0 amide bonds. The highest BCUT2D eigenvalue weighted by Crippen LogP contribution is 2.40. The van der Waals surface area contributed by atoms with E-state index in [2.05, 4.69) is 158 Å². The molecule has 10 aromatic rings. The van der Waals surface area contributed by atoms with Crippen molar-refractivity contribution in [3.05, 3.63) is 169 Å². The van der Waals surface area contributed by atoms with Crippen LogP contribution < -0.4 is 0 Å². The molecule has 0 N–H and O–H groups in total. The zero-order valence-corrected chi connectivity index (χ0v) is 28.3. The first-order chi connectivity index (χ1) is 25.1. The number of aryl methyl sites for hydroxylation is 2. The third-order valence-corrected chi connectivity index (χ3v) is 10.3. The summed E-state index contributed by atoms with van der Waals surface area (Å²) in [5, 5.41) is 9.98. The third kappa shape index (κ3) is 4.64. The van der Waals surface area contributed by atoms with E-state index in [9.17, 15) is 0 Å². The largest absolute Gasteiger partial charge is 0.278 e. The molecule has 0 radical (unpaired) electrons. The Labute approximate surface area is 295 Å². The van der Waals surface area contributed by atoms with Crippen LogP contribution in [0.1, 0.15) is 11.1 Å². The van der Waals surface area contributed by atoms with Gasteiger partial charge in [0.05, 0.1) is 11.0 Å². The van der Waals surface area contributed by atoms with Gasteiger partial charge in [-0.25, -0.2) is 4.98 Å². The molecule has 0 aliphatic carbocycles. The van der Waals surface area contributed by atoms with Gasteiger partial charge in [-0.1, -0.05) is 133 Å². The number of para-hydroxylation sites is 2. The molecule has 0 unspecified atom stereocenters. The first-order valence-corrected chi connectivity index (χ1v) is 17.4. The fraction of sp³-hybridized carbons (Fsp3) is 0.0426. The van der Waals surface area contributed by atoms with Crippen molar-refractivity contribution in [2.45, 2.75) is 13.8 Å². The van der Waals surface area contributed by atoms with Crippen LogP contribution in [0.5, 0.6) is 0 Å². The van der Waals surface area contributed by atoms with Crippen LogP contribution in [0.3, 0.4) is 0 Å². The number of aromatic nitrogens is 4. The van der Waals surface area contributed by atoms with Crippen LogP contribution in [0.2, 0.25) is 0 Å². The molecule has 0 saturated heterocycles. The van der Waals surface area contributed by atoms with E-state index < -0.39 is 0 Å². The number of benzene rings is 8. The molecule has 0 bridgehead atoms. The van der Waals surface area contributed by atoms with E-state index in [-0.39, 0.29) is 0 Å². The maximum absolute atomic E-state index is 5.22. The fourth-order valence-electron chi connectivity index (χ4n) is 7.85. The van der Waals surface area contributed by atoms with Crippen LogP contribution >= 0.6 is 0 Å². The predicted molar refractivity (Wildman–Crippen MR) is 212 cm³/mol. The summed E-state index contributed by atoms with van der Waals surface area (Å²) < 4.78 is 2.17. The predicted octanol–water partition coefficient (Wildman–Crippen LogP) is 12.0. The van der Waals surface area contributed by atoms with Gasteiger partial charge in [0.15, 0.2) is 11.6 Å². The molecule has 8 aromatic carbocycles. The SMILES string of the molecule is Cc1ccc(-c2nc(-c3ccccc3)nc(-n3c4ccccc4c4ccccc43)n2)cc1-c1cc2c3ccccc3c3ccccc3c2cc1C. The van der Waals surface area contributed by atoms with Crippen molar-refractivity contribution in [1.29, 1.82) is 0 Å². The topological polar surface area (TPSA) is 43.6 Å². The van der Waals surface area contributed by atoms with Gasteiger partial charge >= 0.3 is 0 Å². The van der Waals surface area contributed by atoms with Crippen molar-refractivity contribution >= 4 is 54.1 Å². The number of nitrogens with zero attached hydrogens (tertiary/aromatic N) is 4. The first kappa shape index (κ1) is 29.3. The molecule has 4 heteroatoms. The Morgan fingerprint density at radius 3 is 1.43 bits per heavy atom. The van der Waals surface area contributed by atoms with Gasteiger partial charge in [-0.15, -0.1) is 0 Å². The summed E-state index contributed by atoms with van der Waals surface area (Å²) in [7, 11) is 0. The van der Waals surface area contributed by atoms with Crippen molar-refractivity contribution in [3.8, 4) is 39.9 Å². The van der Waals surface area contributed by atoms with E-state index in [4.69, 9.17) is 15.0 Å². The van der Waals surface area contributed by atoms with E-state index in [0.29, 0.717) is 17.6 Å². The van der Waals surface area contributed by atoms with Gasteiger partial charge in [0.25, 0.3) is 0 Å². The number of hydrogen-bond acceptors (Lipinski definition) is 3.